The molecule has 0 unspecified atom stereocenters. The molecule has 0 radical (unpaired) electrons. The minimum absolute atomic E-state index is 0.119. The molecule has 1 aromatic heterocycles. The molecule has 0 saturated carbocycles. The van der Waals surface area contributed by atoms with Gasteiger partial charge in [0.1, 0.15) is 23.8 Å². The van der Waals surface area contributed by atoms with E-state index in [0.29, 0.717) is 42.5 Å². The Bertz CT molecular complexity index is 1100. The van der Waals surface area contributed by atoms with Gasteiger partial charge in [-0.25, -0.2) is 4.79 Å². The molecule has 0 aliphatic rings. The van der Waals surface area contributed by atoms with Crippen LogP contribution >= 0.6 is 0 Å². The van der Waals surface area contributed by atoms with Crippen LogP contribution in [0.4, 0.5) is 10.5 Å². The lowest BCUT2D eigenvalue weighted by molar-refractivity contribution is -0.132. The summed E-state index contributed by atoms with van der Waals surface area (Å²) in [5, 5.41) is 2.81. The standard InChI is InChI=1S/C27H31N3O5/c1-4-15-30(27(32)28-24-13-12-22(33-2)18-25(24)34-3)20-26(31)29(19-23-11-8-17-35-23)16-14-21-9-6-5-7-10-21/h4-13,17-18H,1,14-16,19-20H2,2-3H3,(H,28,32). The summed E-state index contributed by atoms with van der Waals surface area (Å²) in [7, 11) is 3.06. The normalized spacial score (nSPS) is 10.3. The molecule has 35 heavy (non-hydrogen) atoms. The van der Waals surface area contributed by atoms with Gasteiger partial charge >= 0.3 is 6.03 Å². The maximum absolute atomic E-state index is 13.3. The third-order valence-corrected chi connectivity index (χ3v) is 5.41. The van der Waals surface area contributed by atoms with Gasteiger partial charge in [0.2, 0.25) is 5.91 Å². The Kier molecular flexibility index (Phi) is 9.36. The van der Waals surface area contributed by atoms with Crippen molar-refractivity contribution >= 4 is 17.6 Å². The Morgan fingerprint density at radius 2 is 1.83 bits per heavy atom. The van der Waals surface area contributed by atoms with Crippen molar-refractivity contribution in [1.29, 1.82) is 0 Å². The highest BCUT2D eigenvalue weighted by Gasteiger charge is 2.22. The molecule has 1 heterocycles. The quantitative estimate of drug-likeness (QED) is 0.386. The van der Waals surface area contributed by atoms with Gasteiger partial charge in [0, 0.05) is 19.2 Å². The molecule has 0 spiro atoms. The lowest BCUT2D eigenvalue weighted by Crippen LogP contribution is -2.45. The van der Waals surface area contributed by atoms with Gasteiger partial charge in [-0.05, 0) is 36.2 Å². The molecule has 0 fully saturated rings. The monoisotopic (exact) mass is 477 g/mol. The van der Waals surface area contributed by atoms with Gasteiger partial charge in [-0.2, -0.15) is 0 Å². The van der Waals surface area contributed by atoms with Crippen LogP contribution in [-0.2, 0) is 17.8 Å². The number of carbonyl (C=O) groups excluding carboxylic acids is 2. The van der Waals surface area contributed by atoms with Crippen LogP contribution < -0.4 is 14.8 Å². The number of anilines is 1. The lowest BCUT2D eigenvalue weighted by Gasteiger charge is -2.27. The smallest absolute Gasteiger partial charge is 0.322 e. The number of hydrogen-bond donors (Lipinski definition) is 1. The van der Waals surface area contributed by atoms with Crippen LogP contribution in [0.2, 0.25) is 0 Å². The first kappa shape index (κ1) is 25.4. The van der Waals surface area contributed by atoms with E-state index in [9.17, 15) is 9.59 Å². The Balaban J connectivity index is 1.71. The summed E-state index contributed by atoms with van der Waals surface area (Å²) < 4.78 is 16.0. The average Bonchev–Trinajstić information content (AvgIpc) is 3.40. The van der Waals surface area contributed by atoms with Gasteiger partial charge in [-0.3, -0.25) is 4.79 Å². The molecule has 184 valence electrons. The maximum Gasteiger partial charge on any atom is 0.322 e. The van der Waals surface area contributed by atoms with E-state index in [2.05, 4.69) is 11.9 Å². The molecule has 0 saturated heterocycles. The first-order valence-corrected chi connectivity index (χ1v) is 11.3. The van der Waals surface area contributed by atoms with Crippen LogP contribution in [-0.4, -0.2) is 55.6 Å². The molecular weight excluding hydrogens is 446 g/mol. The number of methoxy groups -OCH3 is 2. The molecule has 1 N–H and O–H groups in total. The first-order valence-electron chi connectivity index (χ1n) is 11.3. The van der Waals surface area contributed by atoms with Gasteiger partial charge in [-0.15, -0.1) is 6.58 Å². The van der Waals surface area contributed by atoms with Crippen molar-refractivity contribution in [3.8, 4) is 11.5 Å². The first-order chi connectivity index (χ1) is 17.0. The minimum Gasteiger partial charge on any atom is -0.497 e. The van der Waals surface area contributed by atoms with Crippen molar-refractivity contribution in [3.05, 3.63) is 90.9 Å². The molecule has 8 heteroatoms. The number of ether oxygens (including phenoxy) is 2. The Morgan fingerprint density at radius 1 is 1.03 bits per heavy atom. The zero-order valence-corrected chi connectivity index (χ0v) is 20.1. The maximum atomic E-state index is 13.3. The van der Waals surface area contributed by atoms with Gasteiger partial charge in [-0.1, -0.05) is 36.4 Å². The number of urea groups is 1. The van der Waals surface area contributed by atoms with Crippen molar-refractivity contribution in [2.75, 3.05) is 39.2 Å². The number of carbonyl (C=O) groups is 2. The SMILES string of the molecule is C=CCN(CC(=O)N(CCc1ccccc1)Cc1ccco1)C(=O)Nc1ccc(OC)cc1OC. The average molecular weight is 478 g/mol. The summed E-state index contributed by atoms with van der Waals surface area (Å²) in [5.74, 6) is 1.53. The second kappa shape index (κ2) is 12.9. The number of furan rings is 1. The van der Waals surface area contributed by atoms with Crippen molar-refractivity contribution in [2.45, 2.75) is 13.0 Å². The molecule has 0 atom stereocenters. The molecule has 8 nitrogen and oxygen atoms in total. The minimum atomic E-state index is -0.442. The summed E-state index contributed by atoms with van der Waals surface area (Å²) in [5.41, 5.74) is 1.59. The molecule has 0 bridgehead atoms. The zero-order chi connectivity index (χ0) is 25.0. The highest BCUT2D eigenvalue weighted by Crippen LogP contribution is 2.29. The van der Waals surface area contributed by atoms with E-state index in [1.54, 1.807) is 48.6 Å². The van der Waals surface area contributed by atoms with Gasteiger partial charge in [0.15, 0.2) is 0 Å². The van der Waals surface area contributed by atoms with Crippen LogP contribution in [0.15, 0.2) is 84.0 Å². The summed E-state index contributed by atoms with van der Waals surface area (Å²) >= 11 is 0. The second-order valence-electron chi connectivity index (χ2n) is 7.80. The van der Waals surface area contributed by atoms with Crippen LogP contribution in [0.25, 0.3) is 0 Å². The van der Waals surface area contributed by atoms with E-state index in [0.717, 1.165) is 5.56 Å². The second-order valence-corrected chi connectivity index (χ2v) is 7.80. The lowest BCUT2D eigenvalue weighted by atomic mass is 10.1. The Morgan fingerprint density at radius 3 is 2.49 bits per heavy atom. The molecule has 3 amide bonds. The third-order valence-electron chi connectivity index (χ3n) is 5.41. The molecule has 3 aromatic rings. The predicted molar refractivity (Wildman–Crippen MR) is 135 cm³/mol. The summed E-state index contributed by atoms with van der Waals surface area (Å²) in [6.45, 7) is 4.61. The van der Waals surface area contributed by atoms with Crippen LogP contribution in [0, 0.1) is 0 Å². The number of amides is 3. The van der Waals surface area contributed by atoms with Gasteiger partial charge < -0.3 is 29.0 Å². The van der Waals surface area contributed by atoms with E-state index in [1.165, 1.54) is 12.0 Å². The van der Waals surface area contributed by atoms with E-state index in [-0.39, 0.29) is 19.0 Å². The van der Waals surface area contributed by atoms with E-state index < -0.39 is 6.03 Å². The third kappa shape index (κ3) is 7.40. The van der Waals surface area contributed by atoms with Crippen molar-refractivity contribution in [3.63, 3.8) is 0 Å². The predicted octanol–water partition coefficient (Wildman–Crippen LogP) is 4.59. The highest BCUT2D eigenvalue weighted by atomic mass is 16.5. The Hall–Kier alpha value is -4.20. The molecular formula is C27H31N3O5. The topological polar surface area (TPSA) is 84.3 Å². The van der Waals surface area contributed by atoms with E-state index >= 15 is 0 Å². The van der Waals surface area contributed by atoms with E-state index in [4.69, 9.17) is 13.9 Å². The zero-order valence-electron chi connectivity index (χ0n) is 20.1. The summed E-state index contributed by atoms with van der Waals surface area (Å²) in [6, 6.07) is 18.2. The number of hydrogen-bond acceptors (Lipinski definition) is 5. The summed E-state index contributed by atoms with van der Waals surface area (Å²) in [4.78, 5) is 29.5. The van der Waals surface area contributed by atoms with E-state index in [1.807, 2.05) is 36.4 Å². The van der Waals surface area contributed by atoms with Crippen LogP contribution in [0.3, 0.4) is 0 Å². The molecule has 2 aromatic carbocycles. The number of nitrogens with one attached hydrogen (secondary N) is 1. The summed E-state index contributed by atoms with van der Waals surface area (Å²) in [6.07, 6.45) is 3.85. The van der Waals surface area contributed by atoms with Crippen LogP contribution in [0.5, 0.6) is 11.5 Å². The fourth-order valence-electron chi connectivity index (χ4n) is 3.53. The van der Waals surface area contributed by atoms with Gasteiger partial charge in [0.05, 0.1) is 32.7 Å². The van der Waals surface area contributed by atoms with Crippen molar-refractivity contribution < 1.29 is 23.5 Å². The Labute approximate surface area is 205 Å². The fraction of sp³-hybridized carbons (Fsp3) is 0.259. The molecule has 3 rings (SSSR count). The largest absolute Gasteiger partial charge is 0.497 e. The van der Waals surface area contributed by atoms with Crippen molar-refractivity contribution in [1.82, 2.24) is 9.80 Å². The molecule has 0 aliphatic carbocycles. The van der Waals surface area contributed by atoms with Crippen LogP contribution in [0.1, 0.15) is 11.3 Å². The van der Waals surface area contributed by atoms with Crippen molar-refractivity contribution in [2.24, 2.45) is 0 Å². The highest BCUT2D eigenvalue weighted by molar-refractivity contribution is 5.93. The fourth-order valence-corrected chi connectivity index (χ4v) is 3.53. The van der Waals surface area contributed by atoms with Gasteiger partial charge in [0.25, 0.3) is 0 Å². The number of benzene rings is 2. The molecule has 0 aliphatic heterocycles. The number of rotatable bonds is 12. The number of nitrogens with zero attached hydrogens (tertiary/aromatic N) is 2.